The van der Waals surface area contributed by atoms with Gasteiger partial charge in [-0.15, -0.1) is 0 Å². The van der Waals surface area contributed by atoms with Crippen LogP contribution >= 0.6 is 0 Å². The first-order valence-corrected chi connectivity index (χ1v) is 10.0. The fourth-order valence-electron chi connectivity index (χ4n) is 3.67. The number of hydrogen-bond acceptors (Lipinski definition) is 7. The van der Waals surface area contributed by atoms with Crippen molar-refractivity contribution in [3.63, 3.8) is 0 Å². The van der Waals surface area contributed by atoms with E-state index in [-0.39, 0.29) is 24.5 Å². The van der Waals surface area contributed by atoms with Crippen molar-refractivity contribution in [3.05, 3.63) is 35.7 Å². The Kier molecular flexibility index (Phi) is 5.64. The Hall–Kier alpha value is -3.10. The Labute approximate surface area is 169 Å². The zero-order valence-electron chi connectivity index (χ0n) is 16.6. The summed E-state index contributed by atoms with van der Waals surface area (Å²) in [7, 11) is 0. The highest BCUT2D eigenvalue weighted by Gasteiger charge is 2.30. The number of fused-ring (bicyclic) bond motifs is 7. The molecule has 0 aromatic carbocycles. The lowest BCUT2D eigenvalue weighted by Gasteiger charge is -2.14. The highest BCUT2D eigenvalue weighted by atomic mass is 16.6. The van der Waals surface area contributed by atoms with Crippen molar-refractivity contribution < 1.29 is 14.4 Å². The predicted octanol–water partition coefficient (Wildman–Crippen LogP) is 3.30. The minimum Gasteiger partial charge on any atom is -0.446 e. The van der Waals surface area contributed by atoms with Crippen molar-refractivity contribution >= 4 is 23.4 Å². The van der Waals surface area contributed by atoms with E-state index in [9.17, 15) is 4.79 Å². The quantitative estimate of drug-likeness (QED) is 0.679. The summed E-state index contributed by atoms with van der Waals surface area (Å²) in [4.78, 5) is 22.1. The number of rotatable bonds is 1. The number of hydrogen-bond donors (Lipinski definition) is 3. The molecule has 3 heterocycles. The fraction of sp³-hybridized carbons (Fsp3) is 0.500. The number of oxime groups is 1. The Morgan fingerprint density at radius 2 is 2.10 bits per heavy atom. The number of carbonyl (C=O) groups excluding carboxylic acids is 1. The lowest BCUT2D eigenvalue weighted by atomic mass is 10.0. The van der Waals surface area contributed by atoms with Crippen LogP contribution < -0.4 is 10.6 Å². The van der Waals surface area contributed by atoms with Crippen LogP contribution in [0.1, 0.15) is 50.4 Å². The molecule has 1 aliphatic heterocycles. The van der Waals surface area contributed by atoms with Crippen LogP contribution in [0.3, 0.4) is 0 Å². The van der Waals surface area contributed by atoms with Crippen LogP contribution in [-0.2, 0) is 9.57 Å². The molecular weight excluding hydrogens is 372 g/mol. The van der Waals surface area contributed by atoms with E-state index < -0.39 is 6.09 Å². The molecule has 154 valence electrons. The van der Waals surface area contributed by atoms with Gasteiger partial charge in [-0.2, -0.15) is 5.10 Å². The second kappa shape index (κ2) is 8.50. The monoisotopic (exact) mass is 398 g/mol. The van der Waals surface area contributed by atoms with E-state index in [1.807, 2.05) is 38.1 Å². The highest BCUT2D eigenvalue weighted by Crippen LogP contribution is 2.36. The van der Waals surface area contributed by atoms with Gasteiger partial charge in [0.25, 0.3) is 0 Å². The first kappa shape index (κ1) is 19.2. The highest BCUT2D eigenvalue weighted by molar-refractivity contribution is 6.00. The molecule has 6 bridgehead atoms. The van der Waals surface area contributed by atoms with E-state index in [2.05, 4.69) is 31.0 Å². The van der Waals surface area contributed by atoms with Gasteiger partial charge < -0.3 is 20.2 Å². The van der Waals surface area contributed by atoms with Crippen LogP contribution in [0, 0.1) is 5.92 Å². The average Bonchev–Trinajstić information content (AvgIpc) is 3.33. The molecule has 1 saturated carbocycles. The molecule has 9 nitrogen and oxygen atoms in total. The van der Waals surface area contributed by atoms with Crippen molar-refractivity contribution in [2.45, 2.75) is 45.1 Å². The lowest BCUT2D eigenvalue weighted by Crippen LogP contribution is -2.30. The third kappa shape index (κ3) is 4.67. The van der Waals surface area contributed by atoms with Crippen LogP contribution in [0.2, 0.25) is 0 Å². The molecule has 9 heteroatoms. The van der Waals surface area contributed by atoms with Gasteiger partial charge in [-0.25, -0.2) is 9.78 Å². The van der Waals surface area contributed by atoms with Gasteiger partial charge >= 0.3 is 6.09 Å². The average molecular weight is 398 g/mol. The summed E-state index contributed by atoms with van der Waals surface area (Å²) in [5, 5.41) is 17.7. The van der Waals surface area contributed by atoms with Crippen LogP contribution in [-0.4, -0.2) is 46.2 Å². The Morgan fingerprint density at radius 1 is 1.21 bits per heavy atom. The van der Waals surface area contributed by atoms with Crippen LogP contribution in [0.5, 0.6) is 0 Å². The maximum absolute atomic E-state index is 12.0. The molecule has 1 amide bonds. The van der Waals surface area contributed by atoms with E-state index in [0.717, 1.165) is 36.4 Å². The number of amides is 1. The molecule has 0 saturated heterocycles. The summed E-state index contributed by atoms with van der Waals surface area (Å²) < 4.78 is 5.53. The number of nitrogens with one attached hydrogen (secondary N) is 3. The topological polar surface area (TPSA) is 114 Å². The van der Waals surface area contributed by atoms with Gasteiger partial charge in [-0.05, 0) is 31.4 Å². The molecule has 2 aromatic heterocycles. The standard InChI is InChI=1S/C20H26N6O3/c1-12(2)19-15-4-3-5-17(22-15)23-18-11-16(24-25-18)13-6-7-14(10-13)29-20(27)21-8-9-28-26-19/h3-5,11-14H,6-10H2,1-2H3,(H,21,27)(H2,22,23,24,25)/b26-19+/t13-,14+/m0/s1. The van der Waals surface area contributed by atoms with Gasteiger partial charge in [-0.3, -0.25) is 5.10 Å². The van der Waals surface area contributed by atoms with Crippen molar-refractivity contribution in [2.24, 2.45) is 11.1 Å². The third-order valence-corrected chi connectivity index (χ3v) is 5.14. The molecule has 2 aliphatic rings. The van der Waals surface area contributed by atoms with Gasteiger partial charge in [0.2, 0.25) is 0 Å². The molecule has 2 aromatic rings. The Morgan fingerprint density at radius 3 is 2.97 bits per heavy atom. The predicted molar refractivity (Wildman–Crippen MR) is 108 cm³/mol. The second-order valence-corrected chi connectivity index (χ2v) is 7.67. The molecule has 1 fully saturated rings. The number of carbonyl (C=O) groups is 1. The number of aromatic amines is 1. The summed E-state index contributed by atoms with van der Waals surface area (Å²) in [5.41, 5.74) is 2.50. The van der Waals surface area contributed by atoms with Gasteiger partial charge in [0, 0.05) is 23.6 Å². The number of nitrogens with zero attached hydrogens (tertiary/aromatic N) is 3. The van der Waals surface area contributed by atoms with Gasteiger partial charge in [0.15, 0.2) is 5.82 Å². The van der Waals surface area contributed by atoms with Crippen molar-refractivity contribution in [3.8, 4) is 0 Å². The van der Waals surface area contributed by atoms with E-state index >= 15 is 0 Å². The molecule has 0 radical (unpaired) electrons. The zero-order valence-corrected chi connectivity index (χ0v) is 16.6. The van der Waals surface area contributed by atoms with Gasteiger partial charge in [0.05, 0.1) is 12.2 Å². The van der Waals surface area contributed by atoms with Gasteiger partial charge in [0.1, 0.15) is 24.2 Å². The fourth-order valence-corrected chi connectivity index (χ4v) is 3.67. The Bertz CT molecular complexity index is 894. The summed E-state index contributed by atoms with van der Waals surface area (Å²) in [6, 6.07) is 7.71. The van der Waals surface area contributed by atoms with Gasteiger partial charge in [-0.1, -0.05) is 25.1 Å². The second-order valence-electron chi connectivity index (χ2n) is 7.67. The summed E-state index contributed by atoms with van der Waals surface area (Å²) in [5.74, 6) is 1.80. The SMILES string of the molecule is CC(C)/C1=N\OCCNC(=O)O[C@@H]2CC[C@@H](C2)c2cc(n[nH]2)Nc2cccc1n2. The van der Waals surface area contributed by atoms with E-state index in [4.69, 9.17) is 9.57 Å². The lowest BCUT2D eigenvalue weighted by molar-refractivity contribution is 0.0937. The smallest absolute Gasteiger partial charge is 0.407 e. The van der Waals surface area contributed by atoms with Crippen molar-refractivity contribution in [2.75, 3.05) is 18.5 Å². The number of alkyl carbamates (subject to hydrolysis) is 1. The molecule has 1 aliphatic carbocycles. The molecule has 3 N–H and O–H groups in total. The normalized spacial score (nSPS) is 24.2. The minimum absolute atomic E-state index is 0.0941. The van der Waals surface area contributed by atoms with Crippen LogP contribution in [0.25, 0.3) is 0 Å². The molecule has 29 heavy (non-hydrogen) atoms. The van der Waals surface area contributed by atoms with Crippen molar-refractivity contribution in [1.29, 1.82) is 0 Å². The number of pyridine rings is 1. The molecule has 0 unspecified atom stereocenters. The van der Waals surface area contributed by atoms with E-state index in [0.29, 0.717) is 18.2 Å². The number of anilines is 2. The maximum Gasteiger partial charge on any atom is 0.407 e. The third-order valence-electron chi connectivity index (χ3n) is 5.14. The first-order chi connectivity index (χ1) is 14.1. The summed E-state index contributed by atoms with van der Waals surface area (Å²) in [6.45, 7) is 4.63. The van der Waals surface area contributed by atoms with Crippen molar-refractivity contribution in [1.82, 2.24) is 20.5 Å². The minimum atomic E-state index is -0.422. The summed E-state index contributed by atoms with van der Waals surface area (Å²) in [6.07, 6.45) is 2.05. The van der Waals surface area contributed by atoms with E-state index in [1.54, 1.807) is 0 Å². The van der Waals surface area contributed by atoms with Crippen LogP contribution in [0.15, 0.2) is 29.4 Å². The van der Waals surface area contributed by atoms with Crippen LogP contribution in [0.4, 0.5) is 16.4 Å². The number of aromatic nitrogens is 3. The molecular formula is C20H26N6O3. The zero-order chi connectivity index (χ0) is 20.2. The molecule has 2 atom stereocenters. The number of ether oxygens (including phenoxy) is 1. The van der Waals surface area contributed by atoms with E-state index in [1.165, 1.54) is 0 Å². The first-order valence-electron chi connectivity index (χ1n) is 10.0. The maximum atomic E-state index is 12.0. The summed E-state index contributed by atoms with van der Waals surface area (Å²) >= 11 is 0. The largest absolute Gasteiger partial charge is 0.446 e. The molecule has 4 rings (SSSR count). The molecule has 0 spiro atoms. The number of H-pyrrole nitrogens is 1. The Balaban J connectivity index is 1.61.